The minimum absolute atomic E-state index is 0.00326. The van der Waals surface area contributed by atoms with Crippen LogP contribution in [-0.2, 0) is 52.0 Å². The summed E-state index contributed by atoms with van der Waals surface area (Å²) < 4.78 is 96.0. The fourth-order valence-corrected chi connectivity index (χ4v) is 11.0. The number of anilines is 1. The van der Waals surface area contributed by atoms with E-state index in [0.29, 0.717) is 28.1 Å². The number of ketones is 2. The molecule has 1 amide bonds. The van der Waals surface area contributed by atoms with Gasteiger partial charge < -0.3 is 20.1 Å². The van der Waals surface area contributed by atoms with E-state index in [2.05, 4.69) is 15.0 Å². The van der Waals surface area contributed by atoms with E-state index in [0.717, 1.165) is 29.1 Å². The van der Waals surface area contributed by atoms with E-state index in [1.807, 2.05) is 19.1 Å². The van der Waals surface area contributed by atoms with E-state index in [4.69, 9.17) is 33.3 Å². The number of hydrogen-bond acceptors (Lipinski definition) is 16. The van der Waals surface area contributed by atoms with Gasteiger partial charge in [-0.1, -0.05) is 54.1 Å². The number of benzene rings is 2. The summed E-state index contributed by atoms with van der Waals surface area (Å²) in [6.07, 6.45) is -11.0. The zero-order valence-corrected chi connectivity index (χ0v) is 32.8. The van der Waals surface area contributed by atoms with Crippen molar-refractivity contribution in [1.82, 2.24) is 24.4 Å². The summed E-state index contributed by atoms with van der Waals surface area (Å²) in [4.78, 5) is 61.4. The molecule has 18 nitrogen and oxygen atoms in total. The van der Waals surface area contributed by atoms with Crippen LogP contribution in [0.2, 0.25) is 0 Å². The number of aromatic nitrogens is 4. The molecule has 1 unspecified atom stereocenters. The molecule has 0 saturated carbocycles. The quantitative estimate of drug-likeness (QED) is 0.148. The monoisotopic (exact) mass is 862 g/mol. The van der Waals surface area contributed by atoms with Crippen LogP contribution in [0.15, 0.2) is 73.5 Å². The average molecular weight is 863 g/mol. The number of nitrogens with two attached hydrogens (primary N) is 1. The number of imidazole rings is 1. The topological polar surface area (TPSA) is 234 Å². The standard InChI is InChI=1S/C35H34F2N6O12P2S/c1-18-2-6-20(7-3-18)29(46)21-8-4-19(5-9-21)15-58-57(49)51-14-24-30(27(37)34(53-24)42-11-10-22(44)12-25(42)45)54-56(47,48)50-13-23-26(36)31(55-57)35(52-23)43-17-41-28-32(38)39-16-40-33(28)43/h2-11,16-17,23-24,26-27,30-31,34-35H,12-15H2,1H3,(H,47,48)(H2,38,39,40)/t23-,24-,26-,27-,30-,31-,34-,35-,57+/m1/s1. The Hall–Kier alpha value is -4.27. The number of allylic oxidation sites excluding steroid dienone is 1. The van der Waals surface area contributed by atoms with E-state index in [-0.39, 0.29) is 28.5 Å². The third-order valence-electron chi connectivity index (χ3n) is 9.72. The number of rotatable bonds is 7. The first-order valence-electron chi connectivity index (χ1n) is 17.7. The Kier molecular flexibility index (Phi) is 11.2. The molecule has 10 atom stereocenters. The van der Waals surface area contributed by atoms with Crippen LogP contribution in [0.3, 0.4) is 0 Å². The van der Waals surface area contributed by atoms with Crippen LogP contribution in [0.25, 0.3) is 11.2 Å². The zero-order valence-electron chi connectivity index (χ0n) is 30.2. The smallest absolute Gasteiger partial charge is 0.382 e. The molecule has 2 aromatic carbocycles. The lowest BCUT2D eigenvalue weighted by Gasteiger charge is -2.28. The number of fused-ring (bicyclic) bond motifs is 4. The number of nitrogen functional groups attached to an aromatic ring is 1. The molecule has 306 valence electrons. The van der Waals surface area contributed by atoms with Crippen LogP contribution >= 0.6 is 26.0 Å². The molecule has 4 aliphatic rings. The van der Waals surface area contributed by atoms with Crippen LogP contribution in [0.4, 0.5) is 14.6 Å². The summed E-state index contributed by atoms with van der Waals surface area (Å²) in [5.74, 6) is -1.65. The summed E-state index contributed by atoms with van der Waals surface area (Å²) in [5.41, 5.74) is 8.61. The summed E-state index contributed by atoms with van der Waals surface area (Å²) in [7, 11) is -5.25. The largest absolute Gasteiger partial charge is 0.472 e. The highest BCUT2D eigenvalue weighted by atomic mass is 32.7. The zero-order chi connectivity index (χ0) is 40.9. The second kappa shape index (κ2) is 16.1. The van der Waals surface area contributed by atoms with Crippen molar-refractivity contribution in [1.29, 1.82) is 0 Å². The fourth-order valence-electron chi connectivity index (χ4n) is 6.71. The number of aryl methyl sites for hydroxylation is 1. The molecule has 2 bridgehead atoms. The van der Waals surface area contributed by atoms with Gasteiger partial charge in [0.1, 0.15) is 36.3 Å². The molecule has 6 heterocycles. The van der Waals surface area contributed by atoms with Crippen LogP contribution < -0.4 is 5.73 Å². The third-order valence-corrected chi connectivity index (χ3v) is 14.4. The lowest BCUT2D eigenvalue weighted by molar-refractivity contribution is -0.146. The van der Waals surface area contributed by atoms with Crippen molar-refractivity contribution in [2.24, 2.45) is 0 Å². The van der Waals surface area contributed by atoms with E-state index >= 15 is 8.78 Å². The number of hydrogen-bond donors (Lipinski definition) is 2. The van der Waals surface area contributed by atoms with Crippen molar-refractivity contribution in [3.05, 3.63) is 95.7 Å². The second-order valence-corrected chi connectivity index (χ2v) is 19.1. The summed E-state index contributed by atoms with van der Waals surface area (Å²) in [6, 6.07) is 13.5. The molecule has 4 aliphatic heterocycles. The van der Waals surface area contributed by atoms with Crippen molar-refractivity contribution in [3.63, 3.8) is 0 Å². The molecule has 8 rings (SSSR count). The van der Waals surface area contributed by atoms with Crippen LogP contribution in [-0.4, -0.2) is 103 Å². The van der Waals surface area contributed by atoms with Crippen molar-refractivity contribution < 1.29 is 64.8 Å². The van der Waals surface area contributed by atoms with Gasteiger partial charge >= 0.3 is 14.6 Å². The first-order chi connectivity index (χ1) is 27.7. The van der Waals surface area contributed by atoms with E-state index < -0.39 is 95.2 Å². The third kappa shape index (κ3) is 8.16. The minimum atomic E-state index is -5.25. The van der Waals surface area contributed by atoms with E-state index in [1.54, 1.807) is 36.4 Å². The van der Waals surface area contributed by atoms with Gasteiger partial charge in [0.2, 0.25) is 5.91 Å². The van der Waals surface area contributed by atoms with Gasteiger partial charge in [-0.25, -0.2) is 32.9 Å². The Morgan fingerprint density at radius 1 is 0.914 bits per heavy atom. The maximum Gasteiger partial charge on any atom is 0.472 e. The Balaban J connectivity index is 1.11. The number of phosphoric acid groups is 1. The first kappa shape index (κ1) is 40.5. The number of amides is 1. The maximum absolute atomic E-state index is 16.5. The number of carbonyl (C=O) groups excluding carboxylic acids is 3. The van der Waals surface area contributed by atoms with Crippen LogP contribution in [0.1, 0.15) is 39.7 Å². The lowest BCUT2D eigenvalue weighted by atomic mass is 10.0. The maximum atomic E-state index is 16.5. The minimum Gasteiger partial charge on any atom is -0.382 e. The van der Waals surface area contributed by atoms with Gasteiger partial charge in [0.15, 0.2) is 47.8 Å². The molecule has 2 aromatic heterocycles. The first-order valence-corrected chi connectivity index (χ1v) is 22.3. The van der Waals surface area contributed by atoms with Gasteiger partial charge in [-0.05, 0) is 29.9 Å². The van der Waals surface area contributed by atoms with Gasteiger partial charge in [-0.15, -0.1) is 0 Å². The molecule has 0 spiro atoms. The van der Waals surface area contributed by atoms with Crippen molar-refractivity contribution in [2.75, 3.05) is 18.9 Å². The predicted octanol–water partition coefficient (Wildman–Crippen LogP) is 4.52. The van der Waals surface area contributed by atoms with Gasteiger partial charge in [0.05, 0.1) is 26.0 Å². The predicted molar refractivity (Wildman–Crippen MR) is 199 cm³/mol. The molecule has 3 N–H and O–H groups in total. The van der Waals surface area contributed by atoms with Crippen molar-refractivity contribution in [2.45, 2.75) is 68.3 Å². The highest BCUT2D eigenvalue weighted by Gasteiger charge is 2.56. The summed E-state index contributed by atoms with van der Waals surface area (Å²) >= 11 is 0.625. The Labute approximate surface area is 331 Å². The molecule has 3 saturated heterocycles. The Bertz CT molecular complexity index is 2380. The molecular weight excluding hydrogens is 828 g/mol. The Morgan fingerprint density at radius 2 is 1.60 bits per heavy atom. The Morgan fingerprint density at radius 3 is 2.33 bits per heavy atom. The number of carbonyl (C=O) groups is 3. The fraction of sp³-hybridized carbons (Fsp3) is 0.371. The molecule has 0 radical (unpaired) electrons. The molecular formula is C35H34F2N6O12P2S. The summed E-state index contributed by atoms with van der Waals surface area (Å²) in [6.45, 7) is -4.49. The highest BCUT2D eigenvalue weighted by molar-refractivity contribution is 8.54. The lowest BCUT2D eigenvalue weighted by Crippen LogP contribution is -2.44. The van der Waals surface area contributed by atoms with Gasteiger partial charge in [0, 0.05) is 23.1 Å². The second-order valence-electron chi connectivity index (χ2n) is 13.7. The SMILES string of the molecule is Cc1ccc(C(=O)c2ccc(CS[P@@]3(=O)OC[C@H]4O[C@@H](N5C=CC(=O)CC5=O)[C@H](F)[C@@H]4OP(=O)(O)OC[C@H]4O[C@@H](n5cnc6c(N)ncnc65)[C@H](O3)[C@@H]4F)cc2)cc1. The average Bonchev–Trinajstić information content (AvgIpc) is 3.86. The van der Waals surface area contributed by atoms with Crippen molar-refractivity contribution >= 4 is 60.5 Å². The number of halogens is 2. The molecule has 23 heteroatoms. The molecule has 0 aliphatic carbocycles. The van der Waals surface area contributed by atoms with Gasteiger partial charge in [-0.3, -0.25) is 41.9 Å². The van der Waals surface area contributed by atoms with Gasteiger partial charge in [0.25, 0.3) is 0 Å². The molecule has 58 heavy (non-hydrogen) atoms. The number of ether oxygens (including phenoxy) is 2. The van der Waals surface area contributed by atoms with Gasteiger partial charge in [-0.2, -0.15) is 0 Å². The van der Waals surface area contributed by atoms with E-state index in [9.17, 15) is 28.4 Å². The van der Waals surface area contributed by atoms with Crippen LogP contribution in [0, 0.1) is 6.92 Å². The molecule has 3 fully saturated rings. The highest BCUT2D eigenvalue weighted by Crippen LogP contribution is 2.65. The van der Waals surface area contributed by atoms with Crippen molar-refractivity contribution in [3.8, 4) is 0 Å². The number of alkyl halides is 2. The van der Waals surface area contributed by atoms with E-state index in [1.165, 1.54) is 10.9 Å². The molecule has 4 aromatic rings. The summed E-state index contributed by atoms with van der Waals surface area (Å²) in [5, 5.41) is 0. The number of nitrogens with zero attached hydrogens (tertiary/aromatic N) is 5. The normalized spacial score (nSPS) is 33.1. The van der Waals surface area contributed by atoms with Crippen LogP contribution in [0.5, 0.6) is 0 Å². The number of phosphoric ester groups is 1.